The van der Waals surface area contributed by atoms with Crippen LogP contribution in [-0.2, 0) is 4.79 Å². The maximum absolute atomic E-state index is 10.5. The zero-order valence-corrected chi connectivity index (χ0v) is 6.73. The molecule has 0 saturated heterocycles. The molecule has 0 radical (unpaired) electrons. The molecule has 0 aliphatic heterocycles. The minimum absolute atomic E-state index is 0.0298. The normalized spacial score (nSPS) is 10.5. The van der Waals surface area contributed by atoms with Crippen molar-refractivity contribution in [2.45, 2.75) is 6.42 Å². The van der Waals surface area contributed by atoms with Gasteiger partial charge >= 0.3 is 5.97 Å². The number of hydrogen-bond donors (Lipinski definition) is 2. The molecule has 0 saturated carbocycles. The number of aldehydes is 1. The van der Waals surface area contributed by atoms with Gasteiger partial charge in [0.25, 0.3) is 0 Å². The standard InChI is InChI=1S/C8H8N2O3/c11-4-2-1-3-6-5-9-10-7(6)8(12)13/h1,3-5H,2H2,(H,9,10)(H,12,13). The molecular formula is C8H8N2O3. The predicted octanol–water partition coefficient (Wildman–Crippen LogP) is 0.710. The Morgan fingerprint density at radius 2 is 2.46 bits per heavy atom. The zero-order valence-electron chi connectivity index (χ0n) is 6.73. The van der Waals surface area contributed by atoms with Crippen LogP contribution in [0.1, 0.15) is 22.5 Å². The number of allylic oxidation sites excluding steroid dienone is 1. The Labute approximate surface area is 74.1 Å². The summed E-state index contributed by atoms with van der Waals surface area (Å²) in [6.45, 7) is 0. The van der Waals surface area contributed by atoms with Crippen LogP contribution >= 0.6 is 0 Å². The van der Waals surface area contributed by atoms with Gasteiger partial charge in [-0.1, -0.05) is 12.2 Å². The second-order valence-electron chi connectivity index (χ2n) is 2.31. The van der Waals surface area contributed by atoms with Crippen LogP contribution in [0.4, 0.5) is 0 Å². The Morgan fingerprint density at radius 3 is 3.08 bits per heavy atom. The molecule has 5 nitrogen and oxygen atoms in total. The summed E-state index contributed by atoms with van der Waals surface area (Å²) in [6.07, 6.45) is 5.51. The molecule has 1 rings (SSSR count). The molecule has 5 heteroatoms. The number of aromatic carboxylic acids is 1. The van der Waals surface area contributed by atoms with E-state index in [9.17, 15) is 9.59 Å². The molecule has 0 aromatic carbocycles. The summed E-state index contributed by atoms with van der Waals surface area (Å²) in [6, 6.07) is 0. The van der Waals surface area contributed by atoms with Crippen molar-refractivity contribution in [3.8, 4) is 0 Å². The van der Waals surface area contributed by atoms with Gasteiger partial charge in [-0.25, -0.2) is 4.79 Å². The number of aromatic amines is 1. The Balaban J connectivity index is 2.82. The smallest absolute Gasteiger partial charge is 0.354 e. The van der Waals surface area contributed by atoms with Gasteiger partial charge in [-0.05, 0) is 0 Å². The summed E-state index contributed by atoms with van der Waals surface area (Å²) >= 11 is 0. The third-order valence-corrected chi connectivity index (χ3v) is 1.41. The summed E-state index contributed by atoms with van der Waals surface area (Å²) in [5.41, 5.74) is 0.497. The number of aromatic nitrogens is 2. The third-order valence-electron chi connectivity index (χ3n) is 1.41. The quantitative estimate of drug-likeness (QED) is 0.668. The van der Waals surface area contributed by atoms with Crippen molar-refractivity contribution >= 4 is 18.3 Å². The van der Waals surface area contributed by atoms with Gasteiger partial charge in [0.2, 0.25) is 0 Å². The van der Waals surface area contributed by atoms with Crippen molar-refractivity contribution in [2.75, 3.05) is 0 Å². The maximum Gasteiger partial charge on any atom is 0.354 e. The second kappa shape index (κ2) is 4.20. The van der Waals surface area contributed by atoms with Gasteiger partial charge in [0.15, 0.2) is 5.69 Å². The van der Waals surface area contributed by atoms with Crippen LogP contribution in [0.15, 0.2) is 12.3 Å². The van der Waals surface area contributed by atoms with E-state index in [4.69, 9.17) is 5.11 Å². The van der Waals surface area contributed by atoms with Gasteiger partial charge < -0.3 is 9.90 Å². The van der Waals surface area contributed by atoms with Crippen LogP contribution in [0.2, 0.25) is 0 Å². The lowest BCUT2D eigenvalue weighted by Crippen LogP contribution is -1.98. The first-order chi connectivity index (χ1) is 6.25. The van der Waals surface area contributed by atoms with Crippen LogP contribution in [0.25, 0.3) is 6.08 Å². The van der Waals surface area contributed by atoms with Crippen LogP contribution in [-0.4, -0.2) is 27.6 Å². The first-order valence-electron chi connectivity index (χ1n) is 3.62. The summed E-state index contributed by atoms with van der Waals surface area (Å²) in [5.74, 6) is -1.07. The molecule has 0 atom stereocenters. The predicted molar refractivity (Wildman–Crippen MR) is 45.3 cm³/mol. The number of H-pyrrole nitrogens is 1. The number of nitrogens with one attached hydrogen (secondary N) is 1. The highest BCUT2D eigenvalue weighted by molar-refractivity contribution is 5.89. The van der Waals surface area contributed by atoms with Gasteiger partial charge in [-0.3, -0.25) is 5.10 Å². The summed E-state index contributed by atoms with van der Waals surface area (Å²) < 4.78 is 0. The molecule has 0 fully saturated rings. The molecule has 0 bridgehead atoms. The molecule has 0 aliphatic rings. The average Bonchev–Trinajstić information content (AvgIpc) is 2.53. The SMILES string of the molecule is O=CCC=Cc1cn[nH]c1C(=O)O. The number of nitrogens with zero attached hydrogens (tertiary/aromatic N) is 1. The topological polar surface area (TPSA) is 83.0 Å². The molecule has 1 aromatic rings. The Kier molecular flexibility index (Phi) is 2.97. The largest absolute Gasteiger partial charge is 0.477 e. The molecule has 13 heavy (non-hydrogen) atoms. The summed E-state index contributed by atoms with van der Waals surface area (Å²) in [4.78, 5) is 20.5. The zero-order chi connectivity index (χ0) is 9.68. The highest BCUT2D eigenvalue weighted by atomic mass is 16.4. The number of carboxylic acids is 1. The van der Waals surface area contributed by atoms with Crippen molar-refractivity contribution in [3.63, 3.8) is 0 Å². The van der Waals surface area contributed by atoms with Gasteiger partial charge in [0.1, 0.15) is 6.29 Å². The van der Waals surface area contributed by atoms with E-state index >= 15 is 0 Å². The molecule has 1 aromatic heterocycles. The minimum Gasteiger partial charge on any atom is -0.477 e. The fourth-order valence-electron chi connectivity index (χ4n) is 0.844. The highest BCUT2D eigenvalue weighted by Gasteiger charge is 2.08. The van der Waals surface area contributed by atoms with Crippen LogP contribution in [0.5, 0.6) is 0 Å². The molecule has 2 N–H and O–H groups in total. The average molecular weight is 180 g/mol. The summed E-state index contributed by atoms with van der Waals surface area (Å²) in [7, 11) is 0. The fraction of sp³-hybridized carbons (Fsp3) is 0.125. The molecule has 1 heterocycles. The van der Waals surface area contributed by atoms with Gasteiger partial charge in [0.05, 0.1) is 6.20 Å². The maximum atomic E-state index is 10.5. The molecule has 0 unspecified atom stereocenters. The molecule has 0 aliphatic carbocycles. The molecule has 0 spiro atoms. The lowest BCUT2D eigenvalue weighted by atomic mass is 10.2. The van der Waals surface area contributed by atoms with Crippen molar-refractivity contribution in [1.29, 1.82) is 0 Å². The lowest BCUT2D eigenvalue weighted by molar-refractivity contribution is -0.107. The number of carbonyl (C=O) groups excluding carboxylic acids is 1. The Bertz CT molecular complexity index is 341. The van der Waals surface area contributed by atoms with Gasteiger partial charge in [-0.15, -0.1) is 0 Å². The van der Waals surface area contributed by atoms with Crippen LogP contribution in [0.3, 0.4) is 0 Å². The van der Waals surface area contributed by atoms with Crippen LogP contribution in [0, 0.1) is 0 Å². The van der Waals surface area contributed by atoms with E-state index < -0.39 is 5.97 Å². The minimum atomic E-state index is -1.07. The highest BCUT2D eigenvalue weighted by Crippen LogP contribution is 2.06. The van der Waals surface area contributed by atoms with Crippen LogP contribution < -0.4 is 0 Å². The van der Waals surface area contributed by atoms with Crippen molar-refractivity contribution in [2.24, 2.45) is 0 Å². The number of rotatable bonds is 4. The van der Waals surface area contributed by atoms with E-state index in [0.29, 0.717) is 5.56 Å². The number of carboxylic acid groups (broad SMARTS) is 1. The van der Waals surface area contributed by atoms with Gasteiger partial charge in [0, 0.05) is 12.0 Å². The van der Waals surface area contributed by atoms with Crippen molar-refractivity contribution < 1.29 is 14.7 Å². The number of carbonyl (C=O) groups is 2. The van der Waals surface area contributed by atoms with E-state index in [-0.39, 0.29) is 12.1 Å². The van der Waals surface area contributed by atoms with Gasteiger partial charge in [-0.2, -0.15) is 5.10 Å². The lowest BCUT2D eigenvalue weighted by Gasteiger charge is -1.89. The summed E-state index contributed by atoms with van der Waals surface area (Å²) in [5, 5.41) is 14.6. The van der Waals surface area contributed by atoms with E-state index in [2.05, 4.69) is 10.2 Å². The Morgan fingerprint density at radius 1 is 1.69 bits per heavy atom. The third kappa shape index (κ3) is 2.26. The van der Waals surface area contributed by atoms with Crippen molar-refractivity contribution in [3.05, 3.63) is 23.5 Å². The first kappa shape index (κ1) is 9.18. The fourth-order valence-corrected chi connectivity index (χ4v) is 0.844. The molecule has 0 amide bonds. The molecule has 68 valence electrons. The van der Waals surface area contributed by atoms with E-state index in [1.54, 1.807) is 12.2 Å². The van der Waals surface area contributed by atoms with Crippen molar-refractivity contribution in [1.82, 2.24) is 10.2 Å². The Hall–Kier alpha value is -1.91. The van der Waals surface area contributed by atoms with E-state index in [1.165, 1.54) is 6.20 Å². The molecular weight excluding hydrogens is 172 g/mol. The van der Waals surface area contributed by atoms with E-state index in [1.807, 2.05) is 0 Å². The second-order valence-corrected chi connectivity index (χ2v) is 2.31. The van der Waals surface area contributed by atoms with E-state index in [0.717, 1.165) is 6.29 Å². The monoisotopic (exact) mass is 180 g/mol. The number of hydrogen-bond acceptors (Lipinski definition) is 3. The first-order valence-corrected chi connectivity index (χ1v) is 3.62.